The lowest BCUT2D eigenvalue weighted by atomic mass is 10.1. The number of nitrogen functional groups attached to an aromatic ring is 1. The molecule has 0 spiro atoms. The zero-order chi connectivity index (χ0) is 17.8. The van der Waals surface area contributed by atoms with Gasteiger partial charge in [-0.15, -0.1) is 0 Å². The maximum atomic E-state index is 6.07. The van der Waals surface area contributed by atoms with Crippen LogP contribution in [-0.4, -0.2) is 27.7 Å². The Kier molecular flexibility index (Phi) is 4.80. The Balaban J connectivity index is 1.39. The van der Waals surface area contributed by atoms with Crippen molar-refractivity contribution < 1.29 is 4.74 Å². The van der Waals surface area contributed by atoms with Crippen molar-refractivity contribution in [2.24, 2.45) is 0 Å². The van der Waals surface area contributed by atoms with Gasteiger partial charge in [0.2, 0.25) is 0 Å². The normalized spacial score (nSPS) is 11.4. The molecule has 0 aliphatic rings. The molecule has 2 aromatic carbocycles. The average molecular weight is 346 g/mol. The van der Waals surface area contributed by atoms with E-state index in [0.717, 1.165) is 47.9 Å². The van der Waals surface area contributed by atoms with E-state index in [1.807, 2.05) is 30.6 Å². The van der Waals surface area contributed by atoms with Crippen molar-refractivity contribution in [3.05, 3.63) is 66.5 Å². The SMILES string of the molecule is Nc1nc2ccccc2c2c1ncn2CCOCCCc1ccccc1. The van der Waals surface area contributed by atoms with Crippen molar-refractivity contribution in [3.63, 3.8) is 0 Å². The predicted octanol–water partition coefficient (Wildman–Crippen LogP) is 3.82. The number of rotatable bonds is 7. The maximum absolute atomic E-state index is 6.07. The lowest BCUT2D eigenvalue weighted by Gasteiger charge is -2.08. The molecule has 26 heavy (non-hydrogen) atoms. The summed E-state index contributed by atoms with van der Waals surface area (Å²) in [7, 11) is 0. The van der Waals surface area contributed by atoms with Crippen LogP contribution in [0.1, 0.15) is 12.0 Å². The summed E-state index contributed by atoms with van der Waals surface area (Å²) in [5, 5.41) is 1.07. The van der Waals surface area contributed by atoms with Gasteiger partial charge in [0.1, 0.15) is 5.52 Å². The molecule has 132 valence electrons. The van der Waals surface area contributed by atoms with Crippen molar-refractivity contribution in [1.29, 1.82) is 0 Å². The molecule has 0 aliphatic carbocycles. The second-order valence-electron chi connectivity index (χ2n) is 6.35. The number of imidazole rings is 1. The van der Waals surface area contributed by atoms with Crippen LogP contribution in [0.15, 0.2) is 60.9 Å². The van der Waals surface area contributed by atoms with Crippen LogP contribution >= 0.6 is 0 Å². The third-order valence-corrected chi connectivity index (χ3v) is 4.55. The van der Waals surface area contributed by atoms with E-state index in [-0.39, 0.29) is 0 Å². The predicted molar refractivity (Wildman–Crippen MR) is 105 cm³/mol. The Labute approximate surface area is 152 Å². The molecule has 0 fully saturated rings. The molecule has 2 heterocycles. The molecule has 0 saturated carbocycles. The number of nitrogens with two attached hydrogens (primary N) is 1. The van der Waals surface area contributed by atoms with Crippen LogP contribution in [0.3, 0.4) is 0 Å². The zero-order valence-corrected chi connectivity index (χ0v) is 14.6. The van der Waals surface area contributed by atoms with Crippen molar-refractivity contribution >= 4 is 27.8 Å². The number of para-hydroxylation sites is 1. The minimum atomic E-state index is 0.473. The first kappa shape index (κ1) is 16.5. The molecular formula is C21H22N4O. The fraction of sp³-hybridized carbons (Fsp3) is 0.238. The number of anilines is 1. The summed E-state index contributed by atoms with van der Waals surface area (Å²) >= 11 is 0. The third kappa shape index (κ3) is 3.39. The van der Waals surface area contributed by atoms with Crippen LogP contribution < -0.4 is 5.73 Å². The van der Waals surface area contributed by atoms with Gasteiger partial charge in [0, 0.05) is 18.5 Å². The van der Waals surface area contributed by atoms with Crippen molar-refractivity contribution in [2.75, 3.05) is 18.9 Å². The molecule has 0 bridgehead atoms. The first-order valence-corrected chi connectivity index (χ1v) is 8.93. The number of nitrogens with zero attached hydrogens (tertiary/aromatic N) is 3. The molecule has 4 rings (SSSR count). The Morgan fingerprint density at radius 3 is 2.65 bits per heavy atom. The van der Waals surface area contributed by atoms with Crippen molar-refractivity contribution in [2.45, 2.75) is 19.4 Å². The molecule has 5 nitrogen and oxygen atoms in total. The van der Waals surface area contributed by atoms with Crippen molar-refractivity contribution in [3.8, 4) is 0 Å². The number of pyridine rings is 1. The molecule has 0 unspecified atom stereocenters. The summed E-state index contributed by atoms with van der Waals surface area (Å²) < 4.78 is 7.93. The van der Waals surface area contributed by atoms with Crippen LogP contribution in [0, 0.1) is 0 Å². The molecule has 2 N–H and O–H groups in total. The Morgan fingerprint density at radius 2 is 1.77 bits per heavy atom. The lowest BCUT2D eigenvalue weighted by molar-refractivity contribution is 0.125. The topological polar surface area (TPSA) is 66.0 Å². The fourth-order valence-corrected chi connectivity index (χ4v) is 3.26. The first-order valence-electron chi connectivity index (χ1n) is 8.93. The first-order chi connectivity index (χ1) is 12.8. The second-order valence-corrected chi connectivity index (χ2v) is 6.35. The summed E-state index contributed by atoms with van der Waals surface area (Å²) in [6.45, 7) is 2.15. The summed E-state index contributed by atoms with van der Waals surface area (Å²) in [4.78, 5) is 8.88. The molecule has 0 atom stereocenters. The van der Waals surface area contributed by atoms with Crippen molar-refractivity contribution in [1.82, 2.24) is 14.5 Å². The van der Waals surface area contributed by atoms with Gasteiger partial charge in [0.25, 0.3) is 0 Å². The quantitative estimate of drug-likeness (QED) is 0.517. The molecule has 5 heteroatoms. The molecule has 4 aromatic rings. The minimum absolute atomic E-state index is 0.473. The van der Waals surface area contributed by atoms with Gasteiger partial charge in [-0.25, -0.2) is 9.97 Å². The number of ether oxygens (including phenoxy) is 1. The summed E-state index contributed by atoms with van der Waals surface area (Å²) in [5.41, 5.74) is 10.1. The smallest absolute Gasteiger partial charge is 0.152 e. The summed E-state index contributed by atoms with van der Waals surface area (Å²) in [6, 6.07) is 18.5. The molecule has 0 saturated heterocycles. The van der Waals surface area contributed by atoms with E-state index >= 15 is 0 Å². The van der Waals surface area contributed by atoms with E-state index in [4.69, 9.17) is 10.5 Å². The van der Waals surface area contributed by atoms with Gasteiger partial charge in [0.15, 0.2) is 5.82 Å². The largest absolute Gasteiger partial charge is 0.382 e. The van der Waals surface area contributed by atoms with Crippen LogP contribution in [0.2, 0.25) is 0 Å². The lowest BCUT2D eigenvalue weighted by Crippen LogP contribution is -2.07. The highest BCUT2D eigenvalue weighted by atomic mass is 16.5. The van der Waals surface area contributed by atoms with Gasteiger partial charge in [-0.2, -0.15) is 0 Å². The van der Waals surface area contributed by atoms with E-state index in [0.29, 0.717) is 12.4 Å². The van der Waals surface area contributed by atoms with Gasteiger partial charge in [-0.05, 0) is 24.5 Å². The van der Waals surface area contributed by atoms with Gasteiger partial charge in [0.05, 0.1) is 24.0 Å². The Hall–Kier alpha value is -2.92. The molecule has 0 radical (unpaired) electrons. The number of hydrogen-bond acceptors (Lipinski definition) is 4. The molecule has 0 aliphatic heterocycles. The molecule has 0 amide bonds. The maximum Gasteiger partial charge on any atom is 0.152 e. The highest BCUT2D eigenvalue weighted by Gasteiger charge is 2.11. The Morgan fingerprint density at radius 1 is 0.962 bits per heavy atom. The fourth-order valence-electron chi connectivity index (χ4n) is 3.26. The van der Waals surface area contributed by atoms with Gasteiger partial charge in [-0.1, -0.05) is 48.5 Å². The number of fused-ring (bicyclic) bond motifs is 3. The van der Waals surface area contributed by atoms with E-state index in [1.54, 1.807) is 0 Å². The second kappa shape index (κ2) is 7.54. The van der Waals surface area contributed by atoms with Crippen LogP contribution in [0.4, 0.5) is 5.82 Å². The van der Waals surface area contributed by atoms with Crippen LogP contribution in [0.5, 0.6) is 0 Å². The minimum Gasteiger partial charge on any atom is -0.382 e. The van der Waals surface area contributed by atoms with Gasteiger partial charge < -0.3 is 15.0 Å². The number of aromatic nitrogens is 3. The Bertz CT molecular complexity index is 1010. The third-order valence-electron chi connectivity index (χ3n) is 4.55. The number of aryl methyl sites for hydroxylation is 1. The highest BCUT2D eigenvalue weighted by molar-refractivity contribution is 6.06. The van der Waals surface area contributed by atoms with E-state index in [1.165, 1.54) is 5.56 Å². The van der Waals surface area contributed by atoms with Crippen LogP contribution in [0.25, 0.3) is 21.9 Å². The average Bonchev–Trinajstić information content (AvgIpc) is 3.10. The van der Waals surface area contributed by atoms with E-state index < -0.39 is 0 Å². The molecular weight excluding hydrogens is 324 g/mol. The number of benzene rings is 2. The van der Waals surface area contributed by atoms with Gasteiger partial charge in [-0.3, -0.25) is 0 Å². The van der Waals surface area contributed by atoms with E-state index in [2.05, 4.69) is 44.9 Å². The highest BCUT2D eigenvalue weighted by Crippen LogP contribution is 2.26. The van der Waals surface area contributed by atoms with E-state index in [9.17, 15) is 0 Å². The standard InChI is InChI=1S/C21H22N4O/c22-21-19-20(17-10-4-5-11-18(17)24-21)25(15-23-19)12-14-26-13-6-9-16-7-2-1-3-8-16/h1-5,7-8,10-11,15H,6,9,12-14H2,(H2,22,24). The van der Waals surface area contributed by atoms with Crippen LogP contribution in [-0.2, 0) is 17.7 Å². The monoisotopic (exact) mass is 346 g/mol. The summed E-state index contributed by atoms with van der Waals surface area (Å²) in [5.74, 6) is 0.473. The summed E-state index contributed by atoms with van der Waals surface area (Å²) in [6.07, 6.45) is 3.89. The zero-order valence-electron chi connectivity index (χ0n) is 14.6. The van der Waals surface area contributed by atoms with Gasteiger partial charge >= 0.3 is 0 Å². The molecule has 2 aromatic heterocycles. The number of hydrogen-bond donors (Lipinski definition) is 1.